The fourth-order valence-electron chi connectivity index (χ4n) is 2.81. The van der Waals surface area contributed by atoms with Crippen molar-refractivity contribution in [3.8, 4) is 0 Å². The van der Waals surface area contributed by atoms with Crippen molar-refractivity contribution in [2.75, 3.05) is 16.2 Å². The topological polar surface area (TPSA) is 114 Å². The van der Waals surface area contributed by atoms with E-state index in [1.54, 1.807) is 4.72 Å². The molecule has 2 aromatic rings. The van der Waals surface area contributed by atoms with E-state index in [4.69, 9.17) is 0 Å². The Morgan fingerprint density at radius 3 is 2.07 bits per heavy atom. The number of para-hydroxylation sites is 1. The van der Waals surface area contributed by atoms with Gasteiger partial charge < -0.3 is 0 Å². The van der Waals surface area contributed by atoms with Gasteiger partial charge in [0, 0.05) is 0 Å². The summed E-state index contributed by atoms with van der Waals surface area (Å²) in [7, 11) is -12.1. The van der Waals surface area contributed by atoms with Gasteiger partial charge in [-0.15, -0.1) is 0 Å². The molecule has 1 heterocycles. The van der Waals surface area contributed by atoms with Gasteiger partial charge in [-0.05, 0) is 36.8 Å². The number of hydrogen-bond donors (Lipinski definition) is 1. The lowest BCUT2D eigenvalue weighted by Crippen LogP contribution is -2.23. The lowest BCUT2D eigenvalue weighted by molar-refractivity contribution is 0.580. The van der Waals surface area contributed by atoms with E-state index in [1.165, 1.54) is 0 Å². The molecule has 0 spiro atoms. The number of hydrogen-bond acceptors (Lipinski definition) is 6. The van der Waals surface area contributed by atoms with Crippen molar-refractivity contribution >= 4 is 35.4 Å². The minimum atomic E-state index is -4.50. The van der Waals surface area contributed by atoms with Gasteiger partial charge in [-0.3, -0.25) is 4.72 Å². The molecule has 0 radical (unpaired) electrons. The molecule has 152 valence electrons. The third-order valence-electron chi connectivity index (χ3n) is 4.27. The lowest BCUT2D eigenvalue weighted by Gasteiger charge is -2.13. The van der Waals surface area contributed by atoms with Gasteiger partial charge in [-0.25, -0.2) is 34.0 Å². The van der Waals surface area contributed by atoms with Gasteiger partial charge >= 0.3 is 0 Å². The zero-order valence-corrected chi connectivity index (χ0v) is 16.6. The second-order valence-corrected chi connectivity index (χ2v) is 12.4. The van der Waals surface area contributed by atoms with Crippen LogP contribution in [0.3, 0.4) is 0 Å². The van der Waals surface area contributed by atoms with E-state index in [-0.39, 0.29) is 17.1 Å². The monoisotopic (exact) mass is 451 g/mol. The summed E-state index contributed by atoms with van der Waals surface area (Å²) < 4.78 is 103. The van der Waals surface area contributed by atoms with Crippen molar-refractivity contribution in [1.29, 1.82) is 0 Å². The minimum Gasteiger partial charge on any atom is -0.274 e. The SMILES string of the molecule is O=S1(=O)CC[C@@H](S(=O)(=O)c2cccc(S(=O)(=O)Nc3c(F)cccc3F)c2)C1. The molecule has 0 saturated carbocycles. The number of benzene rings is 2. The number of rotatable bonds is 5. The number of sulfonamides is 1. The Labute approximate surface area is 161 Å². The number of anilines is 1. The molecule has 3 rings (SSSR count). The maximum Gasteiger partial charge on any atom is 0.262 e. The molecule has 1 aliphatic heterocycles. The van der Waals surface area contributed by atoms with Crippen LogP contribution in [0.1, 0.15) is 6.42 Å². The van der Waals surface area contributed by atoms with Crippen LogP contribution in [0.15, 0.2) is 52.3 Å². The van der Waals surface area contributed by atoms with Gasteiger partial charge in [-0.1, -0.05) is 12.1 Å². The molecule has 2 aromatic carbocycles. The quantitative estimate of drug-likeness (QED) is 0.741. The molecule has 0 bridgehead atoms. The highest BCUT2D eigenvalue weighted by Crippen LogP contribution is 2.28. The van der Waals surface area contributed by atoms with Gasteiger partial charge in [0.2, 0.25) is 0 Å². The summed E-state index contributed by atoms with van der Waals surface area (Å²) >= 11 is 0. The lowest BCUT2D eigenvalue weighted by atomic mass is 10.3. The van der Waals surface area contributed by atoms with Crippen molar-refractivity contribution in [3.63, 3.8) is 0 Å². The Hall–Kier alpha value is -2.05. The van der Waals surface area contributed by atoms with E-state index in [9.17, 15) is 34.0 Å². The largest absolute Gasteiger partial charge is 0.274 e. The molecule has 1 N–H and O–H groups in total. The molecule has 1 atom stereocenters. The summed E-state index contributed by atoms with van der Waals surface area (Å²) in [5, 5.41) is -1.17. The van der Waals surface area contributed by atoms with Gasteiger partial charge in [0.1, 0.15) is 17.3 Å². The number of halogens is 2. The second-order valence-electron chi connectivity index (χ2n) is 6.25. The average Bonchev–Trinajstić information content (AvgIpc) is 2.99. The summed E-state index contributed by atoms with van der Waals surface area (Å²) in [5.74, 6) is -3.07. The zero-order valence-electron chi connectivity index (χ0n) is 14.2. The Morgan fingerprint density at radius 1 is 0.929 bits per heavy atom. The summed E-state index contributed by atoms with van der Waals surface area (Å²) in [4.78, 5) is -0.913. The normalized spacial score (nSPS) is 19.4. The molecular formula is C16H15F2NO6S3. The van der Waals surface area contributed by atoms with Gasteiger partial charge in [0.15, 0.2) is 19.7 Å². The molecule has 0 unspecified atom stereocenters. The van der Waals surface area contributed by atoms with E-state index in [1.807, 2.05) is 0 Å². The predicted molar refractivity (Wildman–Crippen MR) is 97.9 cm³/mol. The first-order valence-corrected chi connectivity index (χ1v) is 12.8. The first-order chi connectivity index (χ1) is 12.9. The van der Waals surface area contributed by atoms with Crippen LogP contribution in [0.2, 0.25) is 0 Å². The molecule has 1 saturated heterocycles. The van der Waals surface area contributed by atoms with Gasteiger partial charge in [0.05, 0.1) is 26.5 Å². The van der Waals surface area contributed by atoms with E-state index in [2.05, 4.69) is 0 Å². The highest BCUT2D eigenvalue weighted by molar-refractivity contribution is 7.96. The van der Waals surface area contributed by atoms with Crippen molar-refractivity contribution < 1.29 is 34.0 Å². The molecule has 28 heavy (non-hydrogen) atoms. The van der Waals surface area contributed by atoms with Crippen LogP contribution in [0.25, 0.3) is 0 Å². The average molecular weight is 451 g/mol. The first-order valence-electron chi connectivity index (χ1n) is 7.94. The standard InChI is InChI=1S/C16H15F2NO6S3/c17-14-5-2-6-15(18)16(14)19-28(24,25)12-4-1-3-11(9-12)27(22,23)13-7-8-26(20,21)10-13/h1-6,9,13,19H,7-8,10H2/t13-/m1/s1. The van der Waals surface area contributed by atoms with Crippen molar-refractivity contribution in [3.05, 3.63) is 54.1 Å². The van der Waals surface area contributed by atoms with Crippen LogP contribution in [0.4, 0.5) is 14.5 Å². The molecular weight excluding hydrogens is 436 g/mol. The molecule has 0 amide bonds. The van der Waals surface area contributed by atoms with E-state index >= 15 is 0 Å². The van der Waals surface area contributed by atoms with Crippen LogP contribution in [-0.2, 0) is 29.7 Å². The highest BCUT2D eigenvalue weighted by atomic mass is 32.2. The van der Waals surface area contributed by atoms with E-state index < -0.39 is 62.9 Å². The zero-order chi connectivity index (χ0) is 20.7. The number of nitrogens with one attached hydrogen (secondary N) is 1. The Balaban J connectivity index is 1.97. The summed E-state index contributed by atoms with van der Waals surface area (Å²) in [6, 6.07) is 6.98. The summed E-state index contributed by atoms with van der Waals surface area (Å²) in [6.45, 7) is 0. The third kappa shape index (κ3) is 4.03. The van der Waals surface area contributed by atoms with Crippen LogP contribution >= 0.6 is 0 Å². The molecule has 12 heteroatoms. The highest BCUT2D eigenvalue weighted by Gasteiger charge is 2.38. The fraction of sp³-hybridized carbons (Fsp3) is 0.250. The summed E-state index contributed by atoms with van der Waals surface area (Å²) in [5.41, 5.74) is -0.891. The molecule has 0 aromatic heterocycles. The Kier molecular flexibility index (Phi) is 5.23. The summed E-state index contributed by atoms with van der Waals surface area (Å²) in [6.07, 6.45) is -0.0830. The van der Waals surface area contributed by atoms with Crippen molar-refractivity contribution in [2.24, 2.45) is 0 Å². The van der Waals surface area contributed by atoms with Crippen molar-refractivity contribution in [2.45, 2.75) is 21.5 Å². The van der Waals surface area contributed by atoms with E-state index in [0.717, 1.165) is 42.5 Å². The second kappa shape index (κ2) is 7.08. The third-order valence-corrected chi connectivity index (χ3v) is 9.79. The maximum absolute atomic E-state index is 13.7. The van der Waals surface area contributed by atoms with Crippen molar-refractivity contribution in [1.82, 2.24) is 0 Å². The smallest absolute Gasteiger partial charge is 0.262 e. The van der Waals surface area contributed by atoms with E-state index in [0.29, 0.717) is 0 Å². The first kappa shape index (κ1) is 20.7. The number of sulfone groups is 2. The predicted octanol–water partition coefficient (Wildman–Crippen LogP) is 1.73. The van der Waals surface area contributed by atoms with Crippen LogP contribution in [0, 0.1) is 11.6 Å². The van der Waals surface area contributed by atoms with Crippen LogP contribution in [0.5, 0.6) is 0 Å². The van der Waals surface area contributed by atoms with Gasteiger partial charge in [-0.2, -0.15) is 0 Å². The van der Waals surface area contributed by atoms with Crippen LogP contribution < -0.4 is 4.72 Å². The molecule has 0 aliphatic carbocycles. The molecule has 1 fully saturated rings. The Morgan fingerprint density at radius 2 is 1.50 bits per heavy atom. The Bertz CT molecular complexity index is 1220. The minimum absolute atomic E-state index is 0.0830. The van der Waals surface area contributed by atoms with Crippen LogP contribution in [-0.4, -0.2) is 42.0 Å². The maximum atomic E-state index is 13.7. The molecule has 1 aliphatic rings. The molecule has 7 nitrogen and oxygen atoms in total. The van der Waals surface area contributed by atoms with Gasteiger partial charge in [0.25, 0.3) is 10.0 Å². The fourth-order valence-corrected chi connectivity index (χ4v) is 8.40.